The van der Waals surface area contributed by atoms with E-state index in [0.717, 1.165) is 27.1 Å². The minimum absolute atomic E-state index is 0.0507. The molecule has 3 fully saturated rings. The van der Waals surface area contributed by atoms with Gasteiger partial charge in [-0.05, 0) is 70.2 Å². The van der Waals surface area contributed by atoms with Crippen LogP contribution in [0.25, 0.3) is 0 Å². The zero-order valence-corrected chi connectivity index (χ0v) is 46.3. The standard InChI is InChI=1S/C58H63N4O14PSi/c1-38-33-61(54(65)59-52(38)63)50-31-47(76-78(56(3,4)5,45-19-13-9-14-20-45)46-21-15-10-16-22-46)48(73-50)35-71-77(67)72-37-57(49(75-77)32-51(74-57)62-34-39(2)53(64)60-55(62)66)36-70-58(40-17-11-8-12-18-40,41-23-27-43(68-6)28-24-41)42-25-29-44(69-7)30-26-42/h8-30,33-34,47-51H,31-32,35-37H2,1-7H3,(H,59,63,65)(H,60,64,66)/t47-,48+,49-,50+,51+,57-,77-/m0/s1. The molecule has 7 atom stereocenters. The molecule has 5 heterocycles. The van der Waals surface area contributed by atoms with Crippen LogP contribution in [0.3, 0.4) is 0 Å². The van der Waals surface area contributed by atoms with E-state index in [1.165, 1.54) is 21.5 Å². The molecule has 0 unspecified atom stereocenters. The number of H-pyrrole nitrogens is 2. The summed E-state index contributed by atoms with van der Waals surface area (Å²) in [7, 11) is -4.70. The Kier molecular flexibility index (Phi) is 15.3. The van der Waals surface area contributed by atoms with E-state index in [4.69, 9.17) is 41.7 Å². The summed E-state index contributed by atoms with van der Waals surface area (Å²) in [6.07, 6.45) is -1.90. The first-order valence-corrected chi connectivity index (χ1v) is 29.1. The number of ether oxygens (including phenoxy) is 5. The highest BCUT2D eigenvalue weighted by atomic mass is 31.2. The number of rotatable bonds is 17. The van der Waals surface area contributed by atoms with Crippen molar-refractivity contribution >= 4 is 26.5 Å². The van der Waals surface area contributed by atoms with Crippen LogP contribution in [0.4, 0.5) is 0 Å². The topological polar surface area (TPSA) is 210 Å². The number of fused-ring (bicyclic) bond motifs is 1. The highest BCUT2D eigenvalue weighted by Gasteiger charge is 2.60. The van der Waals surface area contributed by atoms with Crippen LogP contribution in [0.15, 0.2) is 171 Å². The second-order valence-corrected chi connectivity index (χ2v) is 26.8. The first kappa shape index (κ1) is 54.6. The van der Waals surface area contributed by atoms with Crippen LogP contribution in [0.2, 0.25) is 5.04 Å². The third-order valence-electron chi connectivity index (χ3n) is 15.0. The largest absolute Gasteiger partial charge is 0.497 e. The second kappa shape index (κ2) is 21.8. The molecule has 3 aliphatic rings. The lowest BCUT2D eigenvalue weighted by atomic mass is 9.79. The number of phosphoric ester groups is 1. The zero-order chi connectivity index (χ0) is 55.0. The van der Waals surface area contributed by atoms with Crippen LogP contribution in [0.1, 0.15) is 73.9 Å². The molecule has 20 heteroatoms. The molecule has 78 heavy (non-hydrogen) atoms. The van der Waals surface area contributed by atoms with Gasteiger partial charge in [0.1, 0.15) is 47.4 Å². The van der Waals surface area contributed by atoms with Gasteiger partial charge in [-0.1, -0.05) is 136 Å². The van der Waals surface area contributed by atoms with E-state index in [2.05, 4.69) is 55.0 Å². The molecule has 3 saturated heterocycles. The minimum atomic E-state index is -4.57. The molecule has 7 aromatic rings. The first-order valence-electron chi connectivity index (χ1n) is 25.7. The smallest absolute Gasteiger partial charge is 0.475 e. The predicted molar refractivity (Wildman–Crippen MR) is 293 cm³/mol. The lowest BCUT2D eigenvalue weighted by Gasteiger charge is -2.45. The summed E-state index contributed by atoms with van der Waals surface area (Å²) in [5.74, 6) is 1.25. The fourth-order valence-corrected chi connectivity index (χ4v) is 17.2. The van der Waals surface area contributed by atoms with Gasteiger partial charge in [0.2, 0.25) is 0 Å². The summed E-state index contributed by atoms with van der Waals surface area (Å²) in [5, 5.41) is 1.52. The number of aryl methyl sites for hydroxylation is 2. The fourth-order valence-electron chi connectivity index (χ4n) is 11.0. The van der Waals surface area contributed by atoms with Crippen LogP contribution in [-0.2, 0) is 42.4 Å². The molecule has 0 amide bonds. The van der Waals surface area contributed by atoms with Gasteiger partial charge in [0, 0.05) is 36.4 Å². The molecule has 0 spiro atoms. The molecule has 0 saturated carbocycles. The molecule has 18 nitrogen and oxygen atoms in total. The van der Waals surface area contributed by atoms with Gasteiger partial charge < -0.3 is 28.1 Å². The molecular weight excluding hydrogens is 1040 g/mol. The van der Waals surface area contributed by atoms with Crippen molar-refractivity contribution in [2.24, 2.45) is 0 Å². The fraction of sp³-hybridized carbons (Fsp3) is 0.345. The van der Waals surface area contributed by atoms with E-state index in [-0.39, 0.29) is 25.0 Å². The van der Waals surface area contributed by atoms with Crippen molar-refractivity contribution in [1.82, 2.24) is 19.1 Å². The molecule has 0 radical (unpaired) electrons. The average molecular weight is 1100 g/mol. The third kappa shape index (κ3) is 10.3. The Morgan fingerprint density at radius 2 is 1.15 bits per heavy atom. The number of aromatic amines is 2. The number of phosphoric acid groups is 1. The summed E-state index contributed by atoms with van der Waals surface area (Å²) in [6, 6.07) is 44.7. The van der Waals surface area contributed by atoms with Gasteiger partial charge in [-0.3, -0.25) is 42.3 Å². The molecule has 5 aromatic carbocycles. The normalized spacial score (nSPS) is 23.4. The highest BCUT2D eigenvalue weighted by molar-refractivity contribution is 7.48. The van der Waals surface area contributed by atoms with E-state index < -0.39 is 98.9 Å². The molecule has 0 aliphatic carbocycles. The summed E-state index contributed by atoms with van der Waals surface area (Å²) < 4.78 is 76.7. The maximum absolute atomic E-state index is 15.3. The number of nitrogens with zero attached hydrogens (tertiary/aromatic N) is 2. The molecule has 10 rings (SSSR count). The Labute approximate surface area is 451 Å². The molecule has 0 bridgehead atoms. The molecule has 2 aromatic heterocycles. The number of nitrogens with one attached hydrogen (secondary N) is 2. The van der Waals surface area contributed by atoms with E-state index >= 15 is 4.57 Å². The quantitative estimate of drug-likeness (QED) is 0.0527. The second-order valence-electron chi connectivity index (χ2n) is 20.9. The Morgan fingerprint density at radius 3 is 1.65 bits per heavy atom. The lowest BCUT2D eigenvalue weighted by Crippen LogP contribution is -2.68. The SMILES string of the molecule is COc1ccc(C(OC[C@]23CO[P@](=O)(OC[C@H]4O[C@@H](n5cc(C)c(=O)[nH]c5=O)C[C@@H]4O[Si](c4ccccc4)(c4ccccc4)C(C)(C)C)O[C@H]2C[C@H](n2cc(C)c(=O)[nH]c2=O)O3)(c2ccccc2)c2ccc(OC)cc2)cc1. The number of benzene rings is 5. The minimum Gasteiger partial charge on any atom is -0.497 e. The average Bonchev–Trinajstić information content (AvgIpc) is 4.13. The first-order chi connectivity index (χ1) is 37.4. The number of hydrogen-bond donors (Lipinski definition) is 2. The van der Waals surface area contributed by atoms with Gasteiger partial charge >= 0.3 is 19.2 Å². The van der Waals surface area contributed by atoms with E-state index in [1.54, 1.807) is 28.1 Å². The third-order valence-corrected chi connectivity index (χ3v) is 21.5. The van der Waals surface area contributed by atoms with Crippen molar-refractivity contribution in [2.75, 3.05) is 34.0 Å². The van der Waals surface area contributed by atoms with Crippen LogP contribution < -0.4 is 42.3 Å². The maximum atomic E-state index is 15.3. The number of aromatic nitrogens is 4. The Balaban J connectivity index is 1.01. The van der Waals surface area contributed by atoms with Gasteiger partial charge in [-0.25, -0.2) is 14.2 Å². The van der Waals surface area contributed by atoms with Gasteiger partial charge in [-0.2, -0.15) is 0 Å². The lowest BCUT2D eigenvalue weighted by molar-refractivity contribution is -0.191. The van der Waals surface area contributed by atoms with Crippen LogP contribution >= 0.6 is 7.82 Å². The number of hydrogen-bond acceptors (Lipinski definition) is 14. The van der Waals surface area contributed by atoms with Crippen LogP contribution in [0, 0.1) is 13.8 Å². The summed E-state index contributed by atoms with van der Waals surface area (Å²) in [5.41, 5.74) is -2.60. The number of methoxy groups -OCH3 is 2. The van der Waals surface area contributed by atoms with E-state index in [9.17, 15) is 19.2 Å². The van der Waals surface area contributed by atoms with Crippen LogP contribution in [-0.4, -0.2) is 85.4 Å². The summed E-state index contributed by atoms with van der Waals surface area (Å²) in [6.45, 7) is 8.55. The Hall–Kier alpha value is -6.77. The van der Waals surface area contributed by atoms with Gasteiger partial charge in [0.15, 0.2) is 0 Å². The molecule has 408 valence electrons. The van der Waals surface area contributed by atoms with E-state index in [0.29, 0.717) is 17.1 Å². The van der Waals surface area contributed by atoms with E-state index in [1.807, 2.05) is 115 Å². The van der Waals surface area contributed by atoms with Crippen molar-refractivity contribution in [1.29, 1.82) is 0 Å². The van der Waals surface area contributed by atoms with Crippen molar-refractivity contribution in [3.05, 3.63) is 221 Å². The maximum Gasteiger partial charge on any atom is 0.475 e. The van der Waals surface area contributed by atoms with Crippen LogP contribution in [0.5, 0.6) is 11.5 Å². The Bertz CT molecular complexity index is 3450. The van der Waals surface area contributed by atoms with Crippen molar-refractivity contribution in [2.45, 2.75) is 94.5 Å². The predicted octanol–water partition coefficient (Wildman–Crippen LogP) is 7.16. The summed E-state index contributed by atoms with van der Waals surface area (Å²) in [4.78, 5) is 57.0. The van der Waals surface area contributed by atoms with Crippen molar-refractivity contribution in [3.63, 3.8) is 0 Å². The molecule has 2 N–H and O–H groups in total. The van der Waals surface area contributed by atoms with Crippen molar-refractivity contribution in [3.8, 4) is 11.5 Å². The monoisotopic (exact) mass is 1100 g/mol. The van der Waals surface area contributed by atoms with Gasteiger partial charge in [-0.15, -0.1) is 0 Å². The zero-order valence-electron chi connectivity index (χ0n) is 44.4. The highest BCUT2D eigenvalue weighted by Crippen LogP contribution is 2.60. The molecule has 3 aliphatic heterocycles. The molecular formula is C58H63N4O14PSi. The van der Waals surface area contributed by atoms with Gasteiger partial charge in [0.25, 0.3) is 19.4 Å². The summed E-state index contributed by atoms with van der Waals surface area (Å²) >= 11 is 0. The Morgan fingerprint density at radius 1 is 0.667 bits per heavy atom. The van der Waals surface area contributed by atoms with Gasteiger partial charge in [0.05, 0.1) is 40.1 Å². The van der Waals surface area contributed by atoms with Crippen molar-refractivity contribution < 1.29 is 46.2 Å².